The molecule has 2 N–H and O–H groups in total. The van der Waals surface area contributed by atoms with Gasteiger partial charge in [-0.3, -0.25) is 9.59 Å². The number of aliphatic carboxylic acids is 1. The lowest BCUT2D eigenvalue weighted by atomic mass is 10.0. The van der Waals surface area contributed by atoms with Gasteiger partial charge in [0.2, 0.25) is 0 Å². The van der Waals surface area contributed by atoms with Crippen LogP contribution in [0.15, 0.2) is 22.7 Å². The first-order chi connectivity index (χ1) is 8.93. The fraction of sp³-hybridized carbons (Fsp3) is 0.385. The second kappa shape index (κ2) is 7.50. The number of halogens is 2. The topological polar surface area (TPSA) is 66.4 Å². The average Bonchev–Trinajstić information content (AvgIpc) is 2.36. The van der Waals surface area contributed by atoms with Crippen LogP contribution in [0, 0.1) is 5.92 Å². The number of carbonyl (C=O) groups excluding carboxylic acids is 1. The van der Waals surface area contributed by atoms with Crippen molar-refractivity contribution in [3.8, 4) is 0 Å². The predicted octanol–water partition coefficient (Wildman–Crippen LogP) is 3.33. The zero-order valence-corrected chi connectivity index (χ0v) is 12.8. The molecule has 1 aromatic carbocycles. The minimum Gasteiger partial charge on any atom is -0.481 e. The second-order valence-electron chi connectivity index (χ2n) is 4.21. The van der Waals surface area contributed by atoms with E-state index in [1.54, 1.807) is 18.2 Å². The number of carboxylic acid groups (broad SMARTS) is 1. The van der Waals surface area contributed by atoms with Gasteiger partial charge in [-0.1, -0.05) is 24.9 Å². The van der Waals surface area contributed by atoms with E-state index in [1.807, 2.05) is 6.92 Å². The van der Waals surface area contributed by atoms with Crippen molar-refractivity contribution in [1.82, 2.24) is 5.32 Å². The van der Waals surface area contributed by atoms with Gasteiger partial charge in [0.15, 0.2) is 0 Å². The van der Waals surface area contributed by atoms with Crippen LogP contribution in [0.4, 0.5) is 0 Å². The molecular weight excluding hydrogens is 334 g/mol. The van der Waals surface area contributed by atoms with Crippen LogP contribution < -0.4 is 5.32 Å². The molecule has 6 heteroatoms. The molecule has 1 atom stereocenters. The molecule has 1 rings (SSSR count). The van der Waals surface area contributed by atoms with Gasteiger partial charge in [0.25, 0.3) is 5.91 Å². The predicted molar refractivity (Wildman–Crippen MR) is 77.5 cm³/mol. The minimum atomic E-state index is -0.852. The van der Waals surface area contributed by atoms with Crippen LogP contribution in [-0.2, 0) is 4.79 Å². The summed E-state index contributed by atoms with van der Waals surface area (Å²) in [6.45, 7) is 2.25. The van der Waals surface area contributed by atoms with Crippen molar-refractivity contribution in [2.75, 3.05) is 6.54 Å². The molecule has 19 heavy (non-hydrogen) atoms. The number of rotatable bonds is 6. The van der Waals surface area contributed by atoms with Crippen LogP contribution in [0.5, 0.6) is 0 Å². The number of nitrogens with one attached hydrogen (secondary N) is 1. The lowest BCUT2D eigenvalue weighted by molar-refractivity contribution is -0.138. The quantitative estimate of drug-likeness (QED) is 0.828. The summed E-state index contributed by atoms with van der Waals surface area (Å²) in [5.41, 5.74) is 0.487. The third kappa shape index (κ3) is 5.20. The molecule has 0 aliphatic carbocycles. The number of hydrogen-bond donors (Lipinski definition) is 2. The summed E-state index contributed by atoms with van der Waals surface area (Å²) in [6, 6.07) is 4.89. The maximum atomic E-state index is 11.9. The molecule has 104 valence electrons. The molecule has 0 saturated heterocycles. The standard InChI is InChI=1S/C13H15BrClNO3/c1-2-8(5-12(17)18)7-16-13(19)9-3-4-11(15)10(14)6-9/h3-4,6,8H,2,5,7H2,1H3,(H,16,19)(H,17,18). The summed E-state index contributed by atoms with van der Waals surface area (Å²) in [4.78, 5) is 22.5. The van der Waals surface area contributed by atoms with Gasteiger partial charge in [0.1, 0.15) is 0 Å². The lowest BCUT2D eigenvalue weighted by Crippen LogP contribution is -2.30. The number of carboxylic acids is 1. The smallest absolute Gasteiger partial charge is 0.303 e. The summed E-state index contributed by atoms with van der Waals surface area (Å²) < 4.78 is 0.652. The Balaban J connectivity index is 2.59. The van der Waals surface area contributed by atoms with E-state index in [4.69, 9.17) is 16.7 Å². The molecule has 0 saturated carbocycles. The molecule has 1 aromatic rings. The van der Waals surface area contributed by atoms with Crippen LogP contribution in [0.2, 0.25) is 5.02 Å². The molecule has 0 aliphatic heterocycles. The molecule has 4 nitrogen and oxygen atoms in total. The molecule has 0 fully saturated rings. The Hall–Kier alpha value is -1.07. The zero-order chi connectivity index (χ0) is 14.4. The van der Waals surface area contributed by atoms with E-state index in [-0.39, 0.29) is 18.2 Å². The van der Waals surface area contributed by atoms with Gasteiger partial charge in [-0.15, -0.1) is 0 Å². The Morgan fingerprint density at radius 3 is 2.68 bits per heavy atom. The normalized spacial score (nSPS) is 11.9. The van der Waals surface area contributed by atoms with Crippen molar-refractivity contribution in [3.05, 3.63) is 33.3 Å². The Labute approximate surface area is 125 Å². The van der Waals surface area contributed by atoms with Crippen LogP contribution >= 0.6 is 27.5 Å². The number of benzene rings is 1. The summed E-state index contributed by atoms with van der Waals surface area (Å²) in [5.74, 6) is -1.14. The van der Waals surface area contributed by atoms with Gasteiger partial charge in [0, 0.05) is 23.0 Å². The summed E-state index contributed by atoms with van der Waals surface area (Å²) in [5, 5.41) is 12.0. The highest BCUT2D eigenvalue weighted by atomic mass is 79.9. The maximum absolute atomic E-state index is 11.9. The average molecular weight is 349 g/mol. The fourth-order valence-electron chi connectivity index (χ4n) is 1.58. The summed E-state index contributed by atoms with van der Waals surface area (Å²) in [7, 11) is 0. The van der Waals surface area contributed by atoms with Crippen molar-refractivity contribution < 1.29 is 14.7 Å². The SMILES string of the molecule is CCC(CNC(=O)c1ccc(Cl)c(Br)c1)CC(=O)O. The largest absolute Gasteiger partial charge is 0.481 e. The summed E-state index contributed by atoms with van der Waals surface area (Å²) in [6.07, 6.45) is 0.762. The highest BCUT2D eigenvalue weighted by Gasteiger charge is 2.13. The van der Waals surface area contributed by atoms with E-state index in [0.717, 1.165) is 0 Å². The van der Waals surface area contributed by atoms with E-state index in [1.165, 1.54) is 0 Å². The Bertz CT molecular complexity index is 479. The fourth-order valence-corrected chi connectivity index (χ4v) is 2.08. The van der Waals surface area contributed by atoms with E-state index < -0.39 is 5.97 Å². The van der Waals surface area contributed by atoms with Crippen molar-refractivity contribution in [2.45, 2.75) is 19.8 Å². The van der Waals surface area contributed by atoms with E-state index >= 15 is 0 Å². The van der Waals surface area contributed by atoms with Crippen molar-refractivity contribution in [2.24, 2.45) is 5.92 Å². The molecular formula is C13H15BrClNO3. The molecule has 1 unspecified atom stereocenters. The first-order valence-electron chi connectivity index (χ1n) is 5.89. The van der Waals surface area contributed by atoms with Gasteiger partial charge >= 0.3 is 5.97 Å². The zero-order valence-electron chi connectivity index (χ0n) is 10.5. The molecule has 0 radical (unpaired) electrons. The van der Waals surface area contributed by atoms with Crippen molar-refractivity contribution >= 4 is 39.4 Å². The Morgan fingerprint density at radius 1 is 1.47 bits per heavy atom. The first-order valence-corrected chi connectivity index (χ1v) is 7.06. The number of hydrogen-bond acceptors (Lipinski definition) is 2. The highest BCUT2D eigenvalue weighted by molar-refractivity contribution is 9.10. The molecule has 0 aliphatic rings. The number of carbonyl (C=O) groups is 2. The molecule has 0 heterocycles. The molecule has 0 spiro atoms. The van der Waals surface area contributed by atoms with Crippen LogP contribution in [-0.4, -0.2) is 23.5 Å². The molecule has 0 aromatic heterocycles. The van der Waals surface area contributed by atoms with E-state index in [2.05, 4.69) is 21.2 Å². The lowest BCUT2D eigenvalue weighted by Gasteiger charge is -2.13. The van der Waals surface area contributed by atoms with Crippen LogP contribution in [0.25, 0.3) is 0 Å². The van der Waals surface area contributed by atoms with Crippen LogP contribution in [0.1, 0.15) is 30.1 Å². The highest BCUT2D eigenvalue weighted by Crippen LogP contribution is 2.23. The summed E-state index contributed by atoms with van der Waals surface area (Å²) >= 11 is 9.10. The molecule has 1 amide bonds. The number of amides is 1. The van der Waals surface area contributed by atoms with Crippen LogP contribution in [0.3, 0.4) is 0 Å². The first kappa shape index (κ1) is 16.0. The third-order valence-corrected chi connectivity index (χ3v) is 3.99. The van der Waals surface area contributed by atoms with E-state index in [9.17, 15) is 9.59 Å². The molecule has 0 bridgehead atoms. The van der Waals surface area contributed by atoms with Gasteiger partial charge < -0.3 is 10.4 Å². The van der Waals surface area contributed by atoms with Crippen molar-refractivity contribution in [1.29, 1.82) is 0 Å². The van der Waals surface area contributed by atoms with Gasteiger partial charge in [-0.2, -0.15) is 0 Å². The monoisotopic (exact) mass is 347 g/mol. The second-order valence-corrected chi connectivity index (χ2v) is 5.47. The minimum absolute atomic E-state index is 0.0566. The van der Waals surface area contributed by atoms with Gasteiger partial charge in [0.05, 0.1) is 5.02 Å². The van der Waals surface area contributed by atoms with Gasteiger partial charge in [-0.05, 0) is 40.0 Å². The Kier molecular flexibility index (Phi) is 6.31. The van der Waals surface area contributed by atoms with Gasteiger partial charge in [-0.25, -0.2) is 0 Å². The van der Waals surface area contributed by atoms with E-state index in [0.29, 0.717) is 28.0 Å². The Morgan fingerprint density at radius 2 is 2.16 bits per heavy atom. The third-order valence-electron chi connectivity index (χ3n) is 2.77. The maximum Gasteiger partial charge on any atom is 0.303 e. The van der Waals surface area contributed by atoms with Crippen molar-refractivity contribution in [3.63, 3.8) is 0 Å².